The largest absolute Gasteiger partial charge is 0.342 e. The van der Waals surface area contributed by atoms with Crippen LogP contribution in [-0.2, 0) is 9.59 Å². The van der Waals surface area contributed by atoms with Crippen molar-refractivity contribution < 1.29 is 9.59 Å². The SMILES string of the molecule is CC(C)N1C[C@H](C(=O)N2C[C@H](C)C[C@H](C)C2)CC1=O. The van der Waals surface area contributed by atoms with E-state index in [4.69, 9.17) is 0 Å². The highest BCUT2D eigenvalue weighted by atomic mass is 16.2. The zero-order valence-electron chi connectivity index (χ0n) is 12.6. The van der Waals surface area contributed by atoms with E-state index in [0.29, 0.717) is 24.8 Å². The summed E-state index contributed by atoms with van der Waals surface area (Å²) in [6, 6.07) is 0.199. The first kappa shape index (κ1) is 14.4. The molecule has 2 saturated heterocycles. The first-order chi connectivity index (χ1) is 8.88. The molecule has 2 aliphatic heterocycles. The lowest BCUT2D eigenvalue weighted by Gasteiger charge is -2.36. The molecule has 2 rings (SSSR count). The molecule has 0 aromatic rings. The van der Waals surface area contributed by atoms with Crippen LogP contribution in [0.3, 0.4) is 0 Å². The number of carbonyl (C=O) groups excluding carboxylic acids is 2. The monoisotopic (exact) mass is 266 g/mol. The summed E-state index contributed by atoms with van der Waals surface area (Å²) in [6.45, 7) is 10.7. The highest BCUT2D eigenvalue weighted by Gasteiger charge is 2.38. The van der Waals surface area contributed by atoms with E-state index < -0.39 is 0 Å². The van der Waals surface area contributed by atoms with Crippen molar-refractivity contribution in [3.8, 4) is 0 Å². The third-order valence-corrected chi connectivity index (χ3v) is 4.31. The van der Waals surface area contributed by atoms with Gasteiger partial charge in [0.15, 0.2) is 0 Å². The van der Waals surface area contributed by atoms with Crippen LogP contribution in [0.5, 0.6) is 0 Å². The van der Waals surface area contributed by atoms with Crippen molar-refractivity contribution in [3.63, 3.8) is 0 Å². The molecule has 4 heteroatoms. The van der Waals surface area contributed by atoms with Crippen LogP contribution in [0, 0.1) is 17.8 Å². The fourth-order valence-corrected chi connectivity index (χ4v) is 3.50. The van der Waals surface area contributed by atoms with Gasteiger partial charge in [-0.2, -0.15) is 0 Å². The summed E-state index contributed by atoms with van der Waals surface area (Å²) in [6.07, 6.45) is 1.60. The van der Waals surface area contributed by atoms with Crippen LogP contribution in [-0.4, -0.2) is 47.3 Å². The lowest BCUT2D eigenvalue weighted by Crippen LogP contribution is -2.46. The van der Waals surface area contributed by atoms with Crippen molar-refractivity contribution in [1.82, 2.24) is 9.80 Å². The fraction of sp³-hybridized carbons (Fsp3) is 0.867. The van der Waals surface area contributed by atoms with Gasteiger partial charge < -0.3 is 9.80 Å². The minimum Gasteiger partial charge on any atom is -0.342 e. The predicted molar refractivity (Wildman–Crippen MR) is 74.5 cm³/mol. The zero-order chi connectivity index (χ0) is 14.2. The van der Waals surface area contributed by atoms with Crippen molar-refractivity contribution in [3.05, 3.63) is 0 Å². The Balaban J connectivity index is 1.99. The number of carbonyl (C=O) groups is 2. The first-order valence-corrected chi connectivity index (χ1v) is 7.46. The molecule has 3 atom stereocenters. The van der Waals surface area contributed by atoms with Gasteiger partial charge in [-0.05, 0) is 32.1 Å². The number of nitrogens with zero attached hydrogens (tertiary/aromatic N) is 2. The Kier molecular flexibility index (Phi) is 4.16. The highest BCUT2D eigenvalue weighted by Crippen LogP contribution is 2.26. The Morgan fingerprint density at radius 2 is 1.74 bits per heavy atom. The van der Waals surface area contributed by atoms with E-state index in [1.54, 1.807) is 0 Å². The minimum absolute atomic E-state index is 0.118. The van der Waals surface area contributed by atoms with Crippen molar-refractivity contribution in [1.29, 1.82) is 0 Å². The standard InChI is InChI=1S/C15H26N2O2/c1-10(2)17-9-13(6-14(17)18)15(19)16-7-11(3)5-12(4)8-16/h10-13H,5-9H2,1-4H3/t11-,12+,13-/m1/s1. The third kappa shape index (κ3) is 3.10. The molecule has 2 fully saturated rings. The maximum absolute atomic E-state index is 12.6. The van der Waals surface area contributed by atoms with Crippen molar-refractivity contribution in [2.45, 2.75) is 46.6 Å². The summed E-state index contributed by atoms with van der Waals surface area (Å²) >= 11 is 0. The summed E-state index contributed by atoms with van der Waals surface area (Å²) in [7, 11) is 0. The van der Waals surface area contributed by atoms with Crippen LogP contribution in [0.2, 0.25) is 0 Å². The molecule has 0 aliphatic carbocycles. The third-order valence-electron chi connectivity index (χ3n) is 4.31. The van der Waals surface area contributed by atoms with Gasteiger partial charge in [0.1, 0.15) is 0 Å². The average Bonchev–Trinajstić information content (AvgIpc) is 2.69. The van der Waals surface area contributed by atoms with Gasteiger partial charge in [-0.25, -0.2) is 0 Å². The quantitative estimate of drug-likeness (QED) is 0.764. The van der Waals surface area contributed by atoms with Gasteiger partial charge in [-0.1, -0.05) is 13.8 Å². The number of piperidine rings is 1. The van der Waals surface area contributed by atoms with E-state index in [1.807, 2.05) is 23.6 Å². The Labute approximate surface area is 116 Å². The maximum Gasteiger partial charge on any atom is 0.228 e. The summed E-state index contributed by atoms with van der Waals surface area (Å²) < 4.78 is 0. The average molecular weight is 266 g/mol. The van der Waals surface area contributed by atoms with Crippen LogP contribution in [0.4, 0.5) is 0 Å². The highest BCUT2D eigenvalue weighted by molar-refractivity contribution is 5.89. The topological polar surface area (TPSA) is 40.6 Å². The van der Waals surface area contributed by atoms with Crippen LogP contribution in [0.25, 0.3) is 0 Å². The molecular weight excluding hydrogens is 240 g/mol. The summed E-state index contributed by atoms with van der Waals surface area (Å²) in [5, 5.41) is 0. The summed E-state index contributed by atoms with van der Waals surface area (Å²) in [4.78, 5) is 28.3. The summed E-state index contributed by atoms with van der Waals surface area (Å²) in [5.74, 6) is 1.35. The second-order valence-electron chi connectivity index (χ2n) is 6.73. The lowest BCUT2D eigenvalue weighted by atomic mass is 9.91. The fourth-order valence-electron chi connectivity index (χ4n) is 3.50. The number of rotatable bonds is 2. The van der Waals surface area contributed by atoms with E-state index in [9.17, 15) is 9.59 Å². The normalized spacial score (nSPS) is 32.3. The molecule has 19 heavy (non-hydrogen) atoms. The molecule has 0 saturated carbocycles. The Morgan fingerprint density at radius 3 is 2.21 bits per heavy atom. The number of hydrogen-bond donors (Lipinski definition) is 0. The number of amides is 2. The van der Waals surface area contributed by atoms with Gasteiger partial charge in [-0.15, -0.1) is 0 Å². The zero-order valence-corrected chi connectivity index (χ0v) is 12.6. The van der Waals surface area contributed by atoms with E-state index in [2.05, 4.69) is 13.8 Å². The molecule has 4 nitrogen and oxygen atoms in total. The van der Waals surface area contributed by atoms with E-state index in [1.165, 1.54) is 6.42 Å². The molecule has 0 unspecified atom stereocenters. The van der Waals surface area contributed by atoms with Gasteiger partial charge in [0.2, 0.25) is 11.8 Å². The molecule has 2 amide bonds. The lowest BCUT2D eigenvalue weighted by molar-refractivity contribution is -0.138. The van der Waals surface area contributed by atoms with Gasteiger partial charge in [0.25, 0.3) is 0 Å². The van der Waals surface area contributed by atoms with E-state index in [-0.39, 0.29) is 23.8 Å². The minimum atomic E-state index is -0.118. The van der Waals surface area contributed by atoms with Gasteiger partial charge in [-0.3, -0.25) is 9.59 Å². The Bertz CT molecular complexity index is 357. The maximum atomic E-state index is 12.6. The predicted octanol–water partition coefficient (Wildman–Crippen LogP) is 1.75. The van der Waals surface area contributed by atoms with Gasteiger partial charge in [0, 0.05) is 32.1 Å². The molecular formula is C15H26N2O2. The number of likely N-dealkylation sites (tertiary alicyclic amines) is 2. The van der Waals surface area contributed by atoms with Crippen LogP contribution >= 0.6 is 0 Å². The summed E-state index contributed by atoms with van der Waals surface area (Å²) in [5.41, 5.74) is 0. The molecule has 108 valence electrons. The van der Waals surface area contributed by atoms with Crippen molar-refractivity contribution >= 4 is 11.8 Å². The molecule has 0 N–H and O–H groups in total. The molecule has 0 aromatic carbocycles. The molecule has 2 aliphatic rings. The van der Waals surface area contributed by atoms with Crippen LogP contribution < -0.4 is 0 Å². The van der Waals surface area contributed by atoms with Crippen LogP contribution in [0.15, 0.2) is 0 Å². The first-order valence-electron chi connectivity index (χ1n) is 7.46. The van der Waals surface area contributed by atoms with Crippen molar-refractivity contribution in [2.75, 3.05) is 19.6 Å². The van der Waals surface area contributed by atoms with E-state index >= 15 is 0 Å². The molecule has 0 spiro atoms. The van der Waals surface area contributed by atoms with Crippen LogP contribution in [0.1, 0.15) is 40.5 Å². The second kappa shape index (κ2) is 5.51. The second-order valence-corrected chi connectivity index (χ2v) is 6.73. The smallest absolute Gasteiger partial charge is 0.228 e. The molecule has 0 aromatic heterocycles. The van der Waals surface area contributed by atoms with Crippen molar-refractivity contribution in [2.24, 2.45) is 17.8 Å². The van der Waals surface area contributed by atoms with Gasteiger partial charge in [0.05, 0.1) is 5.92 Å². The molecule has 0 radical (unpaired) electrons. The molecule has 2 heterocycles. The Morgan fingerprint density at radius 1 is 1.16 bits per heavy atom. The Hall–Kier alpha value is -1.06. The van der Waals surface area contributed by atoms with E-state index in [0.717, 1.165) is 13.1 Å². The number of hydrogen-bond acceptors (Lipinski definition) is 2. The van der Waals surface area contributed by atoms with Gasteiger partial charge >= 0.3 is 0 Å². The molecule has 0 bridgehead atoms.